The van der Waals surface area contributed by atoms with E-state index in [1.165, 1.54) is 88.1 Å². The molecular weight excluding hydrogens is 1190 g/mol. The van der Waals surface area contributed by atoms with Gasteiger partial charge in [-0.15, -0.1) is 29.7 Å². The zero-order valence-electron chi connectivity index (χ0n) is 45.5. The first-order valence-electron chi connectivity index (χ1n) is 28.3. The normalized spacial score (nSPS) is 14.9. The third-order valence-corrected chi connectivity index (χ3v) is 28.0. The standard InChI is InChI=1S/C72H62N4OSi2.Pt/c1-72(2,3)54-40-41-73-70(48-54)76-66-35-11-10-32-64(66)65-39-38-57(50-69(65)76)77-56-25-20-24-55(49-56)74-51-75(68-37-13-12-36-67(68)74)71-62(52-22-18-30-60(46-52)78(42-14-15-43-78)58-26-6-4-7-27-58)33-21-34-63(71)53-23-19-31-61(47-53)79(44-16-17-45-79)59-28-8-5-9-29-59;/h4-13,18-41,46-48H,14-17,42-45H2,1-3H3;/q-2;. The van der Waals surface area contributed by atoms with E-state index < -0.39 is 16.1 Å². The smallest absolute Gasteiger partial charge is 0.268 e. The quantitative estimate of drug-likeness (QED) is 0.0735. The molecule has 8 heteroatoms. The fourth-order valence-corrected chi connectivity index (χ4v) is 23.8. The largest absolute Gasteiger partial charge is 0.510 e. The van der Waals surface area contributed by atoms with Crippen LogP contribution in [0.3, 0.4) is 0 Å². The summed E-state index contributed by atoms with van der Waals surface area (Å²) in [4.78, 5) is 4.91. The Morgan fingerprint density at radius 2 is 1.05 bits per heavy atom. The van der Waals surface area contributed by atoms with E-state index in [1.54, 1.807) is 10.4 Å². The van der Waals surface area contributed by atoms with Crippen LogP contribution in [0.5, 0.6) is 11.5 Å². The van der Waals surface area contributed by atoms with Crippen molar-refractivity contribution in [1.82, 2.24) is 14.1 Å². The van der Waals surface area contributed by atoms with Gasteiger partial charge < -0.3 is 13.9 Å². The van der Waals surface area contributed by atoms with Gasteiger partial charge in [0.15, 0.2) is 0 Å². The van der Waals surface area contributed by atoms with E-state index in [0.29, 0.717) is 11.5 Å². The average Bonchev–Trinajstić information content (AvgIpc) is 4.41. The Morgan fingerprint density at radius 1 is 0.500 bits per heavy atom. The Bertz CT molecular complexity index is 4120. The summed E-state index contributed by atoms with van der Waals surface area (Å²) < 4.78 is 13.5. The van der Waals surface area contributed by atoms with Crippen LogP contribution in [0.15, 0.2) is 225 Å². The Balaban J connectivity index is 0.00000605. The topological polar surface area (TPSA) is 35.9 Å². The summed E-state index contributed by atoms with van der Waals surface area (Å²) in [5.41, 5.74) is 12.0. The second-order valence-corrected chi connectivity index (χ2v) is 31.7. The van der Waals surface area contributed by atoms with Crippen LogP contribution in [0, 0.1) is 18.5 Å². The summed E-state index contributed by atoms with van der Waals surface area (Å²) in [7, 11) is -3.98. The van der Waals surface area contributed by atoms with E-state index in [4.69, 9.17) is 9.72 Å². The molecule has 9 aromatic carbocycles. The molecule has 0 amide bonds. The number of ether oxygens (including phenoxy) is 1. The van der Waals surface area contributed by atoms with E-state index >= 15 is 0 Å². The maximum Gasteiger partial charge on any atom is 0.268 e. The molecule has 12 aromatic rings. The van der Waals surface area contributed by atoms with Crippen LogP contribution in [-0.2, 0) is 26.5 Å². The molecule has 396 valence electrons. The second kappa shape index (κ2) is 21.1. The van der Waals surface area contributed by atoms with Crippen molar-refractivity contribution in [3.05, 3.63) is 249 Å². The number of para-hydroxylation sites is 4. The first kappa shape index (κ1) is 51.7. The summed E-state index contributed by atoms with van der Waals surface area (Å²) in [5.74, 6) is 2.04. The Labute approximate surface area is 486 Å². The summed E-state index contributed by atoms with van der Waals surface area (Å²) in [6.45, 7) is 6.71. The van der Waals surface area contributed by atoms with Crippen molar-refractivity contribution in [3.8, 4) is 50.9 Å². The van der Waals surface area contributed by atoms with Crippen molar-refractivity contribution in [1.29, 1.82) is 0 Å². The van der Waals surface area contributed by atoms with Crippen molar-refractivity contribution in [2.24, 2.45) is 0 Å². The number of hydrogen-bond donors (Lipinski definition) is 0. The zero-order chi connectivity index (χ0) is 53.1. The molecule has 0 spiro atoms. The first-order chi connectivity index (χ1) is 38.7. The SMILES string of the molecule is CC(C)(C)c1ccnc(-n2c3[c-]c(Oc4[c-]c(-n5[c-][n+](-c6c(-c7cccc([Si]8(c9ccccc9)CCCC8)c7)cccc6-c6cccc([Si]7(c8ccccc8)CCCC7)c6)c6ccccc65)ccc4)ccc3c3ccccc32)c1.[Pt]. The number of benzene rings is 9. The number of imidazole rings is 1. The predicted octanol–water partition coefficient (Wildman–Crippen LogP) is 14.9. The first-order valence-corrected chi connectivity index (χ1v) is 33.1. The molecule has 5 nitrogen and oxygen atoms in total. The molecule has 2 fully saturated rings. The zero-order valence-corrected chi connectivity index (χ0v) is 49.8. The number of aromatic nitrogens is 4. The number of pyridine rings is 1. The van der Waals surface area contributed by atoms with Gasteiger partial charge in [-0.3, -0.25) is 4.57 Å². The number of fused-ring (bicyclic) bond motifs is 4. The molecule has 2 saturated heterocycles. The minimum Gasteiger partial charge on any atom is -0.510 e. The van der Waals surface area contributed by atoms with Crippen LogP contribution in [0.1, 0.15) is 52.0 Å². The molecule has 80 heavy (non-hydrogen) atoms. The minimum absolute atomic E-state index is 0. The van der Waals surface area contributed by atoms with Gasteiger partial charge in [-0.05, 0) is 86.7 Å². The van der Waals surface area contributed by atoms with Crippen molar-refractivity contribution in [2.75, 3.05) is 0 Å². The molecule has 0 radical (unpaired) electrons. The van der Waals surface area contributed by atoms with Crippen LogP contribution in [-0.4, -0.2) is 30.3 Å². The van der Waals surface area contributed by atoms with Crippen LogP contribution in [0.4, 0.5) is 0 Å². The van der Waals surface area contributed by atoms with Crippen molar-refractivity contribution in [3.63, 3.8) is 0 Å². The number of rotatable bonds is 11. The fourth-order valence-electron chi connectivity index (χ4n) is 13.5. The summed E-state index contributed by atoms with van der Waals surface area (Å²) >= 11 is 0. The van der Waals surface area contributed by atoms with E-state index in [0.717, 1.165) is 50.0 Å². The van der Waals surface area contributed by atoms with Crippen molar-refractivity contribution >= 4 is 69.7 Å². The molecule has 2 aliphatic rings. The molecule has 0 aliphatic carbocycles. The number of hydrogen-bond acceptors (Lipinski definition) is 2. The van der Waals surface area contributed by atoms with E-state index in [1.807, 2.05) is 24.4 Å². The van der Waals surface area contributed by atoms with Gasteiger partial charge in [0.1, 0.15) is 22.0 Å². The predicted molar refractivity (Wildman–Crippen MR) is 330 cm³/mol. The average molecular weight is 1250 g/mol. The Hall–Kier alpha value is -7.68. The van der Waals surface area contributed by atoms with Gasteiger partial charge in [0.2, 0.25) is 0 Å². The van der Waals surface area contributed by atoms with E-state index in [9.17, 15) is 0 Å². The van der Waals surface area contributed by atoms with Crippen LogP contribution >= 0.6 is 0 Å². The van der Waals surface area contributed by atoms with Crippen LogP contribution in [0.2, 0.25) is 24.2 Å². The molecule has 3 aromatic heterocycles. The monoisotopic (exact) mass is 1250 g/mol. The number of nitrogens with zero attached hydrogens (tertiary/aromatic N) is 4. The van der Waals surface area contributed by atoms with Crippen LogP contribution < -0.4 is 30.1 Å². The van der Waals surface area contributed by atoms with Gasteiger partial charge in [-0.25, -0.2) is 4.98 Å². The summed E-state index contributed by atoms with van der Waals surface area (Å²) in [6.07, 6.45) is 11.0. The molecule has 0 saturated carbocycles. The Kier molecular flexibility index (Phi) is 13.6. The fraction of sp³-hybridized carbons (Fsp3) is 0.167. The Morgan fingerprint density at radius 3 is 1.69 bits per heavy atom. The molecule has 14 rings (SSSR count). The molecule has 0 N–H and O–H groups in total. The van der Waals surface area contributed by atoms with Crippen molar-refractivity contribution in [2.45, 2.75) is 76.0 Å². The van der Waals surface area contributed by atoms with E-state index in [2.05, 4.69) is 253 Å². The van der Waals surface area contributed by atoms with Gasteiger partial charge in [0.05, 0.1) is 16.7 Å². The second-order valence-electron chi connectivity index (χ2n) is 23.0. The maximum atomic E-state index is 6.79. The molecule has 0 unspecified atom stereocenters. The van der Waals surface area contributed by atoms with Crippen molar-refractivity contribution < 1.29 is 30.4 Å². The third kappa shape index (κ3) is 9.04. The van der Waals surface area contributed by atoms with Gasteiger partial charge in [-0.1, -0.05) is 243 Å². The summed E-state index contributed by atoms with van der Waals surface area (Å²) in [6, 6.07) is 93.4. The third-order valence-electron chi connectivity index (χ3n) is 17.5. The minimum atomic E-state index is -1.99. The van der Waals surface area contributed by atoms with E-state index in [-0.39, 0.29) is 26.5 Å². The molecule has 2 aliphatic heterocycles. The van der Waals surface area contributed by atoms with Gasteiger partial charge in [-0.2, -0.15) is 18.2 Å². The molecular formula is C72H62N4OPtSi2-2. The van der Waals surface area contributed by atoms with Gasteiger partial charge >= 0.3 is 0 Å². The molecule has 5 heterocycles. The molecule has 0 bridgehead atoms. The summed E-state index contributed by atoms with van der Waals surface area (Å²) in [5, 5.41) is 8.38. The maximum absolute atomic E-state index is 6.79. The van der Waals surface area contributed by atoms with Crippen LogP contribution in [0.25, 0.3) is 72.3 Å². The molecule has 0 atom stereocenters. The van der Waals surface area contributed by atoms with Gasteiger partial charge in [0, 0.05) is 44.3 Å². The van der Waals surface area contributed by atoms with Gasteiger partial charge in [0.25, 0.3) is 6.33 Å².